The van der Waals surface area contributed by atoms with Crippen molar-refractivity contribution in [1.29, 1.82) is 0 Å². The molecule has 0 radical (unpaired) electrons. The van der Waals surface area contributed by atoms with Crippen LogP contribution in [0.15, 0.2) is 72.1 Å². The molecule has 98 valence electrons. The third kappa shape index (κ3) is 3.46. The van der Waals surface area contributed by atoms with Gasteiger partial charge in [0.25, 0.3) is 0 Å². The van der Waals surface area contributed by atoms with E-state index in [4.69, 9.17) is 0 Å². The summed E-state index contributed by atoms with van der Waals surface area (Å²) in [7, 11) is 0. The van der Waals surface area contributed by atoms with Crippen LogP contribution in [-0.2, 0) is 6.42 Å². The van der Waals surface area contributed by atoms with Gasteiger partial charge in [-0.25, -0.2) is 0 Å². The second kappa shape index (κ2) is 6.36. The van der Waals surface area contributed by atoms with Crippen LogP contribution in [0, 0.1) is 0 Å². The van der Waals surface area contributed by atoms with Crippen molar-refractivity contribution in [3.05, 3.63) is 93.7 Å². The number of hydrogen-bond donors (Lipinski definition) is 0. The molecule has 2 aromatic carbocycles. The van der Waals surface area contributed by atoms with Crippen LogP contribution in [0.3, 0.4) is 0 Å². The van der Waals surface area contributed by atoms with E-state index in [1.165, 1.54) is 21.6 Å². The molecular formula is C19H16S. The summed E-state index contributed by atoms with van der Waals surface area (Å²) in [6.45, 7) is 0. The molecule has 20 heavy (non-hydrogen) atoms. The highest BCUT2D eigenvalue weighted by atomic mass is 32.1. The standard InChI is InChI=1S/C19H16S/c1-3-7-16(8-4-1)11-12-18-14-19(20-15-18)13-17-9-5-2-6-10-17/h1-12,14-15H,13H2/b12-11+. The summed E-state index contributed by atoms with van der Waals surface area (Å²) in [5.41, 5.74) is 3.89. The van der Waals surface area contributed by atoms with Gasteiger partial charge < -0.3 is 0 Å². The first-order valence-electron chi connectivity index (χ1n) is 6.75. The average molecular weight is 276 g/mol. The minimum atomic E-state index is 1.02. The maximum absolute atomic E-state index is 2.27. The van der Waals surface area contributed by atoms with E-state index in [9.17, 15) is 0 Å². The summed E-state index contributed by atoms with van der Waals surface area (Å²) in [6, 6.07) is 23.3. The summed E-state index contributed by atoms with van der Waals surface area (Å²) in [5.74, 6) is 0. The molecule has 1 aromatic heterocycles. The van der Waals surface area contributed by atoms with Gasteiger partial charge in [0.15, 0.2) is 0 Å². The fourth-order valence-corrected chi connectivity index (χ4v) is 3.02. The zero-order chi connectivity index (χ0) is 13.6. The highest BCUT2D eigenvalue weighted by molar-refractivity contribution is 7.10. The van der Waals surface area contributed by atoms with Gasteiger partial charge >= 0.3 is 0 Å². The molecule has 3 rings (SSSR count). The van der Waals surface area contributed by atoms with Gasteiger partial charge in [-0.15, -0.1) is 11.3 Å². The maximum Gasteiger partial charge on any atom is 0.00952 e. The van der Waals surface area contributed by atoms with Crippen LogP contribution in [0.25, 0.3) is 12.2 Å². The van der Waals surface area contributed by atoms with E-state index in [1.54, 1.807) is 0 Å². The normalized spacial score (nSPS) is 11.0. The third-order valence-corrected chi connectivity index (χ3v) is 4.12. The Hall–Kier alpha value is -2.12. The van der Waals surface area contributed by atoms with Crippen LogP contribution in [-0.4, -0.2) is 0 Å². The highest BCUT2D eigenvalue weighted by Crippen LogP contribution is 2.20. The Labute approximate surface area is 124 Å². The van der Waals surface area contributed by atoms with Crippen molar-refractivity contribution in [3.8, 4) is 0 Å². The number of rotatable bonds is 4. The van der Waals surface area contributed by atoms with E-state index < -0.39 is 0 Å². The fraction of sp³-hybridized carbons (Fsp3) is 0.0526. The molecular weight excluding hydrogens is 260 g/mol. The molecule has 0 aliphatic heterocycles. The Bertz CT molecular complexity index is 678. The third-order valence-electron chi connectivity index (χ3n) is 3.16. The lowest BCUT2D eigenvalue weighted by molar-refractivity contribution is 1.24. The molecule has 1 heterocycles. The van der Waals surface area contributed by atoms with E-state index in [2.05, 4.69) is 78.2 Å². The summed E-state index contributed by atoms with van der Waals surface area (Å²) in [4.78, 5) is 1.41. The molecule has 0 aliphatic carbocycles. The maximum atomic E-state index is 2.27. The van der Waals surface area contributed by atoms with Crippen LogP contribution in [0.1, 0.15) is 21.6 Å². The summed E-state index contributed by atoms with van der Waals surface area (Å²) in [5, 5.41) is 2.22. The van der Waals surface area contributed by atoms with Crippen LogP contribution >= 0.6 is 11.3 Å². The molecule has 0 N–H and O–H groups in total. The van der Waals surface area contributed by atoms with Gasteiger partial charge in [-0.05, 0) is 28.1 Å². The van der Waals surface area contributed by atoms with Crippen LogP contribution in [0.5, 0.6) is 0 Å². The Morgan fingerprint density at radius 3 is 2.15 bits per heavy atom. The predicted octanol–water partition coefficient (Wildman–Crippen LogP) is 5.51. The first-order valence-corrected chi connectivity index (χ1v) is 7.62. The summed E-state index contributed by atoms with van der Waals surface area (Å²) in [6.07, 6.45) is 5.36. The van der Waals surface area contributed by atoms with Gasteiger partial charge in [0.2, 0.25) is 0 Å². The molecule has 0 amide bonds. The monoisotopic (exact) mass is 276 g/mol. The molecule has 0 spiro atoms. The van der Waals surface area contributed by atoms with Crippen molar-refractivity contribution in [1.82, 2.24) is 0 Å². The lowest BCUT2D eigenvalue weighted by Gasteiger charge is -1.96. The molecule has 0 unspecified atom stereocenters. The molecule has 0 aliphatic rings. The Morgan fingerprint density at radius 1 is 0.750 bits per heavy atom. The first kappa shape index (κ1) is 12.9. The average Bonchev–Trinajstić information content (AvgIpc) is 2.95. The van der Waals surface area contributed by atoms with Crippen molar-refractivity contribution in [2.75, 3.05) is 0 Å². The number of benzene rings is 2. The molecule has 0 saturated heterocycles. The smallest absolute Gasteiger partial charge is 0.00952 e. The van der Waals surface area contributed by atoms with E-state index in [0.29, 0.717) is 0 Å². The molecule has 0 saturated carbocycles. The molecule has 3 aromatic rings. The Balaban J connectivity index is 1.70. The van der Waals surface area contributed by atoms with Gasteiger partial charge in [-0.2, -0.15) is 0 Å². The SMILES string of the molecule is C(=C\c1csc(Cc2ccccc2)c1)/c1ccccc1. The van der Waals surface area contributed by atoms with E-state index in [1.807, 2.05) is 17.4 Å². The van der Waals surface area contributed by atoms with Crippen molar-refractivity contribution >= 4 is 23.5 Å². The van der Waals surface area contributed by atoms with E-state index in [0.717, 1.165) is 6.42 Å². The topological polar surface area (TPSA) is 0 Å². The zero-order valence-corrected chi connectivity index (χ0v) is 12.0. The molecule has 1 heteroatoms. The fourth-order valence-electron chi connectivity index (χ4n) is 2.13. The van der Waals surface area contributed by atoms with Gasteiger partial charge in [-0.3, -0.25) is 0 Å². The van der Waals surface area contributed by atoms with E-state index in [-0.39, 0.29) is 0 Å². The first-order chi connectivity index (χ1) is 9.90. The van der Waals surface area contributed by atoms with Gasteiger partial charge in [0.05, 0.1) is 0 Å². The van der Waals surface area contributed by atoms with Crippen molar-refractivity contribution in [2.24, 2.45) is 0 Å². The minimum absolute atomic E-state index is 1.02. The number of hydrogen-bond acceptors (Lipinski definition) is 1. The molecule has 0 nitrogen and oxygen atoms in total. The lowest BCUT2D eigenvalue weighted by Crippen LogP contribution is -1.82. The van der Waals surface area contributed by atoms with Gasteiger partial charge in [-0.1, -0.05) is 72.8 Å². The number of thiophene rings is 1. The van der Waals surface area contributed by atoms with Gasteiger partial charge in [0.1, 0.15) is 0 Å². The summed E-state index contributed by atoms with van der Waals surface area (Å²) < 4.78 is 0. The Morgan fingerprint density at radius 2 is 1.40 bits per heavy atom. The Kier molecular flexibility index (Phi) is 4.10. The lowest BCUT2D eigenvalue weighted by atomic mass is 10.1. The van der Waals surface area contributed by atoms with Crippen molar-refractivity contribution < 1.29 is 0 Å². The molecule has 0 fully saturated rings. The largest absolute Gasteiger partial charge is 0.148 e. The molecule has 0 bridgehead atoms. The predicted molar refractivity (Wildman–Crippen MR) is 88.9 cm³/mol. The van der Waals surface area contributed by atoms with Gasteiger partial charge in [0, 0.05) is 11.3 Å². The molecule has 0 atom stereocenters. The van der Waals surface area contributed by atoms with E-state index >= 15 is 0 Å². The minimum Gasteiger partial charge on any atom is -0.148 e. The van der Waals surface area contributed by atoms with Crippen molar-refractivity contribution in [2.45, 2.75) is 6.42 Å². The van der Waals surface area contributed by atoms with Crippen LogP contribution in [0.2, 0.25) is 0 Å². The quantitative estimate of drug-likeness (QED) is 0.589. The van der Waals surface area contributed by atoms with Crippen molar-refractivity contribution in [3.63, 3.8) is 0 Å². The second-order valence-corrected chi connectivity index (χ2v) is 5.75. The highest BCUT2D eigenvalue weighted by Gasteiger charge is 1.99. The zero-order valence-electron chi connectivity index (χ0n) is 11.2. The second-order valence-electron chi connectivity index (χ2n) is 4.75. The summed E-state index contributed by atoms with van der Waals surface area (Å²) >= 11 is 1.83. The van der Waals surface area contributed by atoms with Crippen LogP contribution < -0.4 is 0 Å². The van der Waals surface area contributed by atoms with Crippen LogP contribution in [0.4, 0.5) is 0 Å².